The molecule has 1 atom stereocenters. The van der Waals surface area contributed by atoms with E-state index in [-0.39, 0.29) is 35.8 Å². The van der Waals surface area contributed by atoms with Crippen LogP contribution in [-0.2, 0) is 19.4 Å². The standard InChI is InChI=1S/C13H22N2O4S/c1-10(16)15(11-3-4-11)7-5-13(17)14(2)12-6-8-20(18,19)9-12/h11-12H,3-9H2,1-2H3. The number of hydrogen-bond donors (Lipinski definition) is 0. The maximum Gasteiger partial charge on any atom is 0.224 e. The quantitative estimate of drug-likeness (QED) is 0.718. The first kappa shape index (κ1) is 15.3. The van der Waals surface area contributed by atoms with Gasteiger partial charge in [-0.1, -0.05) is 0 Å². The van der Waals surface area contributed by atoms with E-state index in [0.29, 0.717) is 19.0 Å². The number of rotatable bonds is 5. The molecule has 1 heterocycles. The van der Waals surface area contributed by atoms with E-state index in [1.165, 1.54) is 11.8 Å². The van der Waals surface area contributed by atoms with Crippen molar-refractivity contribution in [1.82, 2.24) is 9.80 Å². The predicted octanol–water partition coefficient (Wildman–Crippen LogP) is 0.0329. The van der Waals surface area contributed by atoms with Crippen molar-refractivity contribution in [2.45, 2.75) is 44.7 Å². The summed E-state index contributed by atoms with van der Waals surface area (Å²) in [7, 11) is -1.32. The molecule has 0 aromatic heterocycles. The molecule has 2 aliphatic rings. The van der Waals surface area contributed by atoms with Gasteiger partial charge in [-0.2, -0.15) is 0 Å². The number of sulfone groups is 1. The molecular formula is C13H22N2O4S. The van der Waals surface area contributed by atoms with Gasteiger partial charge in [0.1, 0.15) is 0 Å². The number of nitrogens with zero attached hydrogens (tertiary/aromatic N) is 2. The minimum atomic E-state index is -2.98. The molecule has 2 rings (SSSR count). The molecule has 6 nitrogen and oxygen atoms in total. The fourth-order valence-electron chi connectivity index (χ4n) is 2.66. The molecule has 2 amide bonds. The van der Waals surface area contributed by atoms with Crippen molar-refractivity contribution in [2.75, 3.05) is 25.1 Å². The lowest BCUT2D eigenvalue weighted by Gasteiger charge is -2.26. The molecule has 7 heteroatoms. The van der Waals surface area contributed by atoms with Crippen molar-refractivity contribution >= 4 is 21.7 Å². The van der Waals surface area contributed by atoms with Crippen LogP contribution in [0.3, 0.4) is 0 Å². The Morgan fingerprint density at radius 3 is 2.25 bits per heavy atom. The van der Waals surface area contributed by atoms with Crippen molar-refractivity contribution in [1.29, 1.82) is 0 Å². The van der Waals surface area contributed by atoms with E-state index in [0.717, 1.165) is 12.8 Å². The average molecular weight is 302 g/mol. The summed E-state index contributed by atoms with van der Waals surface area (Å²) in [6.45, 7) is 1.96. The van der Waals surface area contributed by atoms with E-state index in [9.17, 15) is 18.0 Å². The maximum atomic E-state index is 12.1. The van der Waals surface area contributed by atoms with Crippen LogP contribution in [0.1, 0.15) is 32.6 Å². The first-order valence-corrected chi connectivity index (χ1v) is 8.85. The Balaban J connectivity index is 1.83. The van der Waals surface area contributed by atoms with E-state index >= 15 is 0 Å². The Labute approximate surface area is 120 Å². The molecule has 1 unspecified atom stereocenters. The van der Waals surface area contributed by atoms with Crippen LogP contribution in [0.5, 0.6) is 0 Å². The third-order valence-corrected chi connectivity index (χ3v) is 5.86. The molecule has 0 bridgehead atoms. The van der Waals surface area contributed by atoms with Crippen molar-refractivity contribution in [2.24, 2.45) is 0 Å². The van der Waals surface area contributed by atoms with E-state index in [4.69, 9.17) is 0 Å². The Hall–Kier alpha value is -1.11. The van der Waals surface area contributed by atoms with E-state index in [1.807, 2.05) is 0 Å². The van der Waals surface area contributed by atoms with Crippen LogP contribution in [0.2, 0.25) is 0 Å². The minimum Gasteiger partial charge on any atom is -0.342 e. The van der Waals surface area contributed by atoms with Gasteiger partial charge in [0, 0.05) is 39.0 Å². The number of carbonyl (C=O) groups is 2. The molecular weight excluding hydrogens is 280 g/mol. The fourth-order valence-corrected chi connectivity index (χ4v) is 4.43. The SMILES string of the molecule is CC(=O)N(CCC(=O)N(C)C1CCS(=O)(=O)C1)C1CC1. The first-order chi connectivity index (χ1) is 9.30. The summed E-state index contributed by atoms with van der Waals surface area (Å²) in [4.78, 5) is 26.9. The van der Waals surface area contributed by atoms with Crippen LogP contribution in [0.4, 0.5) is 0 Å². The summed E-state index contributed by atoms with van der Waals surface area (Å²) >= 11 is 0. The molecule has 114 valence electrons. The van der Waals surface area contributed by atoms with Gasteiger partial charge in [-0.05, 0) is 19.3 Å². The van der Waals surface area contributed by atoms with Crippen LogP contribution in [0.25, 0.3) is 0 Å². The number of hydrogen-bond acceptors (Lipinski definition) is 4. The van der Waals surface area contributed by atoms with Crippen LogP contribution in [0.15, 0.2) is 0 Å². The highest BCUT2D eigenvalue weighted by molar-refractivity contribution is 7.91. The van der Waals surface area contributed by atoms with Gasteiger partial charge in [0.05, 0.1) is 11.5 Å². The molecule has 1 aliphatic carbocycles. The predicted molar refractivity (Wildman–Crippen MR) is 74.9 cm³/mol. The second-order valence-electron chi connectivity index (χ2n) is 5.76. The highest BCUT2D eigenvalue weighted by Crippen LogP contribution is 2.27. The highest BCUT2D eigenvalue weighted by Gasteiger charge is 2.34. The molecule has 0 radical (unpaired) electrons. The van der Waals surface area contributed by atoms with Crippen molar-refractivity contribution < 1.29 is 18.0 Å². The highest BCUT2D eigenvalue weighted by atomic mass is 32.2. The van der Waals surface area contributed by atoms with Crippen LogP contribution in [0, 0.1) is 0 Å². The van der Waals surface area contributed by atoms with Crippen LogP contribution < -0.4 is 0 Å². The monoisotopic (exact) mass is 302 g/mol. The van der Waals surface area contributed by atoms with Crippen LogP contribution in [-0.4, -0.2) is 67.2 Å². The lowest BCUT2D eigenvalue weighted by atomic mass is 10.2. The zero-order valence-electron chi connectivity index (χ0n) is 12.0. The lowest BCUT2D eigenvalue weighted by Crippen LogP contribution is -2.40. The van der Waals surface area contributed by atoms with Gasteiger partial charge in [0.2, 0.25) is 11.8 Å². The summed E-state index contributed by atoms with van der Waals surface area (Å²) in [5.74, 6) is 0.149. The van der Waals surface area contributed by atoms with E-state index in [2.05, 4.69) is 0 Å². The summed E-state index contributed by atoms with van der Waals surface area (Å²) in [6.07, 6.45) is 2.82. The topological polar surface area (TPSA) is 74.8 Å². The fraction of sp³-hybridized carbons (Fsp3) is 0.846. The zero-order chi connectivity index (χ0) is 14.9. The summed E-state index contributed by atoms with van der Waals surface area (Å²) in [5.41, 5.74) is 0. The number of amides is 2. The molecule has 1 saturated heterocycles. The lowest BCUT2D eigenvalue weighted by molar-refractivity contribution is -0.133. The number of carbonyl (C=O) groups excluding carboxylic acids is 2. The molecule has 0 aromatic rings. The van der Waals surface area contributed by atoms with Gasteiger partial charge < -0.3 is 9.80 Å². The second kappa shape index (κ2) is 5.71. The van der Waals surface area contributed by atoms with Gasteiger partial charge in [-0.3, -0.25) is 9.59 Å². The van der Waals surface area contributed by atoms with Crippen molar-refractivity contribution in [3.8, 4) is 0 Å². The molecule has 0 N–H and O–H groups in total. The summed E-state index contributed by atoms with van der Waals surface area (Å²) in [5, 5.41) is 0. The van der Waals surface area contributed by atoms with Gasteiger partial charge >= 0.3 is 0 Å². The van der Waals surface area contributed by atoms with E-state index < -0.39 is 9.84 Å². The van der Waals surface area contributed by atoms with Gasteiger partial charge in [-0.15, -0.1) is 0 Å². The van der Waals surface area contributed by atoms with E-state index in [1.54, 1.807) is 11.9 Å². The molecule has 2 fully saturated rings. The van der Waals surface area contributed by atoms with Gasteiger partial charge in [0.15, 0.2) is 9.84 Å². The average Bonchev–Trinajstić information content (AvgIpc) is 3.11. The van der Waals surface area contributed by atoms with Crippen molar-refractivity contribution in [3.05, 3.63) is 0 Å². The Morgan fingerprint density at radius 1 is 1.15 bits per heavy atom. The Morgan fingerprint density at radius 2 is 1.80 bits per heavy atom. The maximum absolute atomic E-state index is 12.1. The minimum absolute atomic E-state index is 0.00592. The Kier molecular flexibility index (Phi) is 4.36. The Bertz CT molecular complexity index is 499. The van der Waals surface area contributed by atoms with Crippen LogP contribution >= 0.6 is 0 Å². The third-order valence-electron chi connectivity index (χ3n) is 4.11. The zero-order valence-corrected chi connectivity index (χ0v) is 12.9. The molecule has 20 heavy (non-hydrogen) atoms. The molecule has 0 aromatic carbocycles. The second-order valence-corrected chi connectivity index (χ2v) is 7.98. The summed E-state index contributed by atoms with van der Waals surface area (Å²) < 4.78 is 22.9. The smallest absolute Gasteiger partial charge is 0.224 e. The largest absolute Gasteiger partial charge is 0.342 e. The first-order valence-electron chi connectivity index (χ1n) is 7.03. The van der Waals surface area contributed by atoms with Gasteiger partial charge in [0.25, 0.3) is 0 Å². The molecule has 1 saturated carbocycles. The summed E-state index contributed by atoms with van der Waals surface area (Å²) in [6, 6.07) is 0.0941. The third kappa shape index (κ3) is 3.71. The molecule has 1 aliphatic heterocycles. The van der Waals surface area contributed by atoms with Crippen molar-refractivity contribution in [3.63, 3.8) is 0 Å². The molecule has 0 spiro atoms. The normalized spacial score (nSPS) is 24.4. The van der Waals surface area contributed by atoms with Gasteiger partial charge in [-0.25, -0.2) is 8.42 Å².